The van der Waals surface area contributed by atoms with Gasteiger partial charge in [0, 0.05) is 22.3 Å². The maximum atomic E-state index is 14.1. The van der Waals surface area contributed by atoms with E-state index in [1.807, 2.05) is 97.2 Å². The third-order valence-corrected chi connectivity index (χ3v) is 8.03. The fraction of sp³-hybridized carbons (Fsp3) is 0.125. The zero-order valence-electron chi connectivity index (χ0n) is 22.3. The number of aromatic nitrogens is 3. The molecule has 0 saturated heterocycles. The summed E-state index contributed by atoms with van der Waals surface area (Å²) in [5.74, 6) is -0.481. The van der Waals surface area contributed by atoms with E-state index in [9.17, 15) is 9.59 Å². The highest BCUT2D eigenvalue weighted by molar-refractivity contribution is 7.07. The van der Waals surface area contributed by atoms with Crippen molar-refractivity contribution in [1.29, 1.82) is 0 Å². The maximum Gasteiger partial charge on any atom is 0.338 e. The summed E-state index contributed by atoms with van der Waals surface area (Å²) in [6, 6.07) is 26.1. The molecule has 0 radical (unpaired) electrons. The SMILES string of the molecule is CCOC(=O)C1=C(C)N=c2s/c(=C/c3cn(-c4ccccc4)nc3-c3ccc(Cl)cc3)c(=O)n2[C@H]1c1ccccc1. The molecule has 1 aliphatic heterocycles. The first-order valence-electron chi connectivity index (χ1n) is 13.1. The smallest absolute Gasteiger partial charge is 0.338 e. The van der Waals surface area contributed by atoms with E-state index in [0.717, 1.165) is 22.4 Å². The topological polar surface area (TPSA) is 78.5 Å². The van der Waals surface area contributed by atoms with Crippen molar-refractivity contribution in [3.05, 3.63) is 138 Å². The molecule has 7 nitrogen and oxygen atoms in total. The minimum absolute atomic E-state index is 0.223. The summed E-state index contributed by atoms with van der Waals surface area (Å²) in [5.41, 5.74) is 4.67. The third-order valence-electron chi connectivity index (χ3n) is 6.80. The molecular formula is C32H25ClN4O3S. The van der Waals surface area contributed by atoms with Crippen LogP contribution in [0.1, 0.15) is 31.0 Å². The first kappa shape index (κ1) is 26.7. The molecule has 3 heterocycles. The summed E-state index contributed by atoms with van der Waals surface area (Å²) in [5, 5.41) is 5.49. The van der Waals surface area contributed by atoms with E-state index < -0.39 is 12.0 Å². The van der Waals surface area contributed by atoms with Gasteiger partial charge in [-0.25, -0.2) is 14.5 Å². The molecule has 3 aromatic carbocycles. The van der Waals surface area contributed by atoms with Crippen LogP contribution in [0.4, 0.5) is 0 Å². The molecular weight excluding hydrogens is 556 g/mol. The van der Waals surface area contributed by atoms with Gasteiger partial charge in [-0.2, -0.15) is 5.10 Å². The number of benzene rings is 3. The Morgan fingerprint density at radius 2 is 1.71 bits per heavy atom. The van der Waals surface area contributed by atoms with Gasteiger partial charge in [0.15, 0.2) is 4.80 Å². The van der Waals surface area contributed by atoms with E-state index in [4.69, 9.17) is 21.4 Å². The van der Waals surface area contributed by atoms with Gasteiger partial charge in [-0.15, -0.1) is 0 Å². The monoisotopic (exact) mass is 580 g/mol. The number of thiazole rings is 1. The Hall–Kier alpha value is -4.53. The van der Waals surface area contributed by atoms with E-state index in [0.29, 0.717) is 31.3 Å². The van der Waals surface area contributed by atoms with Crippen molar-refractivity contribution in [3.63, 3.8) is 0 Å². The maximum absolute atomic E-state index is 14.1. The molecule has 9 heteroatoms. The van der Waals surface area contributed by atoms with Crippen molar-refractivity contribution in [1.82, 2.24) is 14.3 Å². The second kappa shape index (κ2) is 11.2. The van der Waals surface area contributed by atoms with E-state index >= 15 is 0 Å². The number of esters is 1. The number of ether oxygens (including phenoxy) is 1. The molecule has 0 N–H and O–H groups in total. The average Bonchev–Trinajstić information content (AvgIpc) is 3.54. The summed E-state index contributed by atoms with van der Waals surface area (Å²) in [4.78, 5) is 32.4. The molecule has 6 rings (SSSR count). The number of halogens is 1. The predicted octanol–water partition coefficient (Wildman–Crippen LogP) is 5.30. The Labute approximate surface area is 245 Å². The quantitative estimate of drug-likeness (QED) is 0.255. The summed E-state index contributed by atoms with van der Waals surface area (Å²) < 4.78 is 9.25. The Morgan fingerprint density at radius 1 is 1.02 bits per heavy atom. The normalized spacial score (nSPS) is 15.0. The van der Waals surface area contributed by atoms with E-state index in [2.05, 4.69) is 4.99 Å². The molecule has 2 aromatic heterocycles. The van der Waals surface area contributed by atoms with Gasteiger partial charge in [-0.1, -0.05) is 83.6 Å². The van der Waals surface area contributed by atoms with Crippen LogP contribution in [0.25, 0.3) is 23.0 Å². The first-order valence-corrected chi connectivity index (χ1v) is 14.3. The van der Waals surface area contributed by atoms with Gasteiger partial charge in [-0.3, -0.25) is 9.36 Å². The van der Waals surface area contributed by atoms with Crippen LogP contribution < -0.4 is 14.9 Å². The number of hydrogen-bond acceptors (Lipinski definition) is 6. The fourth-order valence-corrected chi connectivity index (χ4v) is 6.08. The third kappa shape index (κ3) is 5.08. The second-order valence-electron chi connectivity index (χ2n) is 9.43. The molecule has 1 aliphatic rings. The van der Waals surface area contributed by atoms with Gasteiger partial charge < -0.3 is 4.74 Å². The molecule has 0 amide bonds. The summed E-state index contributed by atoms with van der Waals surface area (Å²) >= 11 is 7.44. The Balaban J connectivity index is 1.56. The molecule has 0 saturated carbocycles. The lowest BCUT2D eigenvalue weighted by atomic mass is 9.96. The van der Waals surface area contributed by atoms with Gasteiger partial charge >= 0.3 is 5.97 Å². The van der Waals surface area contributed by atoms with Gasteiger partial charge in [0.25, 0.3) is 5.56 Å². The molecule has 204 valence electrons. The predicted molar refractivity (Wildman–Crippen MR) is 161 cm³/mol. The Morgan fingerprint density at radius 3 is 2.39 bits per heavy atom. The molecule has 1 atom stereocenters. The number of carbonyl (C=O) groups is 1. The number of para-hydroxylation sites is 1. The van der Waals surface area contributed by atoms with Crippen molar-refractivity contribution in [2.75, 3.05) is 6.61 Å². The lowest BCUT2D eigenvalue weighted by Crippen LogP contribution is -2.39. The number of rotatable bonds is 6. The van der Waals surface area contributed by atoms with E-state index in [1.54, 1.807) is 23.1 Å². The summed E-state index contributed by atoms with van der Waals surface area (Å²) in [6.45, 7) is 3.76. The minimum Gasteiger partial charge on any atom is -0.463 e. The van der Waals surface area contributed by atoms with Gasteiger partial charge in [0.2, 0.25) is 0 Å². The number of nitrogens with zero attached hydrogens (tertiary/aromatic N) is 4. The van der Waals surface area contributed by atoms with E-state index in [-0.39, 0.29) is 12.2 Å². The zero-order chi connectivity index (χ0) is 28.5. The van der Waals surface area contributed by atoms with Crippen LogP contribution in [0.3, 0.4) is 0 Å². The number of carbonyl (C=O) groups excluding carboxylic acids is 1. The van der Waals surface area contributed by atoms with Crippen LogP contribution in [-0.2, 0) is 9.53 Å². The van der Waals surface area contributed by atoms with Gasteiger partial charge in [0.05, 0.1) is 34.1 Å². The molecule has 0 aliphatic carbocycles. The fourth-order valence-electron chi connectivity index (χ4n) is 4.92. The van der Waals surface area contributed by atoms with Gasteiger partial charge in [0.1, 0.15) is 5.69 Å². The Bertz CT molecular complexity index is 1960. The average molecular weight is 581 g/mol. The van der Waals surface area contributed by atoms with E-state index in [1.165, 1.54) is 11.3 Å². The van der Waals surface area contributed by atoms with Crippen LogP contribution in [-0.4, -0.2) is 26.9 Å². The Kier molecular flexibility index (Phi) is 7.26. The van der Waals surface area contributed by atoms with Gasteiger partial charge in [-0.05, 0) is 49.8 Å². The second-order valence-corrected chi connectivity index (χ2v) is 10.9. The zero-order valence-corrected chi connectivity index (χ0v) is 23.9. The van der Waals surface area contributed by atoms with Crippen LogP contribution in [0.5, 0.6) is 0 Å². The van der Waals surface area contributed by atoms with Crippen molar-refractivity contribution >= 4 is 35.0 Å². The molecule has 0 fully saturated rings. The highest BCUT2D eigenvalue weighted by atomic mass is 35.5. The summed E-state index contributed by atoms with van der Waals surface area (Å²) in [6.07, 6.45) is 3.74. The number of allylic oxidation sites excluding steroid dienone is 1. The van der Waals surface area contributed by atoms with Crippen LogP contribution in [0.15, 0.2) is 112 Å². The lowest BCUT2D eigenvalue weighted by molar-refractivity contribution is -0.139. The minimum atomic E-state index is -0.656. The molecule has 0 spiro atoms. The molecule has 0 unspecified atom stereocenters. The largest absolute Gasteiger partial charge is 0.463 e. The number of hydrogen-bond donors (Lipinski definition) is 0. The lowest BCUT2D eigenvalue weighted by Gasteiger charge is -2.24. The number of fused-ring (bicyclic) bond motifs is 1. The standard InChI is InChI=1S/C32H25ClN4O3S/c1-3-40-31(39)27-20(2)34-32-37(29(27)22-10-6-4-7-11-22)30(38)26(41-32)18-23-19-36(25-12-8-5-9-13-25)35-28(23)21-14-16-24(33)17-15-21/h4-19,29H,3H2,1-2H3/b26-18+/t29-/m0/s1. The highest BCUT2D eigenvalue weighted by Crippen LogP contribution is 2.31. The van der Waals surface area contributed by atoms with Crippen LogP contribution in [0, 0.1) is 0 Å². The molecule has 41 heavy (non-hydrogen) atoms. The van der Waals surface area contributed by atoms with Crippen molar-refractivity contribution in [2.45, 2.75) is 19.9 Å². The van der Waals surface area contributed by atoms with Crippen LogP contribution >= 0.6 is 22.9 Å². The highest BCUT2D eigenvalue weighted by Gasteiger charge is 2.33. The van der Waals surface area contributed by atoms with Crippen molar-refractivity contribution < 1.29 is 9.53 Å². The molecule has 5 aromatic rings. The first-order chi connectivity index (χ1) is 19.9. The van der Waals surface area contributed by atoms with Crippen LogP contribution in [0.2, 0.25) is 5.02 Å². The summed E-state index contributed by atoms with van der Waals surface area (Å²) in [7, 11) is 0. The van der Waals surface area contributed by atoms with Crippen molar-refractivity contribution in [2.24, 2.45) is 4.99 Å². The molecule has 0 bridgehead atoms. The van der Waals surface area contributed by atoms with Crippen molar-refractivity contribution in [3.8, 4) is 16.9 Å².